The van der Waals surface area contributed by atoms with Gasteiger partial charge in [-0.3, -0.25) is 0 Å². The second-order valence-electron chi connectivity index (χ2n) is 7.76. The minimum atomic E-state index is -0.339. The zero-order chi connectivity index (χ0) is 19.8. The van der Waals surface area contributed by atoms with Gasteiger partial charge in [-0.15, -0.1) is 0 Å². The molecule has 2 aromatic carbocycles. The summed E-state index contributed by atoms with van der Waals surface area (Å²) in [5, 5.41) is 9.22. The molecule has 28 heavy (non-hydrogen) atoms. The van der Waals surface area contributed by atoms with Crippen molar-refractivity contribution in [2.45, 2.75) is 58.0 Å². The first-order valence-corrected chi connectivity index (χ1v) is 10.2. The summed E-state index contributed by atoms with van der Waals surface area (Å²) in [4.78, 5) is 12.3. The van der Waals surface area contributed by atoms with Crippen LogP contribution < -0.4 is 16.0 Å². The molecule has 1 aliphatic carbocycles. The molecule has 0 aromatic heterocycles. The number of benzene rings is 2. The van der Waals surface area contributed by atoms with Crippen molar-refractivity contribution in [3.05, 3.63) is 59.9 Å². The van der Waals surface area contributed by atoms with Gasteiger partial charge in [0.05, 0.1) is 0 Å². The molecule has 0 saturated heterocycles. The Bertz CT molecular complexity index is 757. The fourth-order valence-corrected chi connectivity index (χ4v) is 3.90. The summed E-state index contributed by atoms with van der Waals surface area (Å²) in [5.74, 6) is 0.510. The van der Waals surface area contributed by atoms with Crippen molar-refractivity contribution in [3.8, 4) is 0 Å². The molecule has 3 rings (SSSR count). The number of urea groups is 1. The van der Waals surface area contributed by atoms with Crippen LogP contribution in [0, 0.1) is 11.7 Å². The lowest BCUT2D eigenvalue weighted by molar-refractivity contribution is 0.262. The van der Waals surface area contributed by atoms with Gasteiger partial charge in [-0.1, -0.05) is 50.3 Å². The third-order valence-corrected chi connectivity index (χ3v) is 5.42. The van der Waals surface area contributed by atoms with E-state index in [1.807, 2.05) is 24.3 Å². The van der Waals surface area contributed by atoms with Crippen LogP contribution in [-0.4, -0.2) is 12.1 Å². The van der Waals surface area contributed by atoms with Crippen molar-refractivity contribution >= 4 is 17.4 Å². The molecule has 2 aromatic rings. The fraction of sp³-hybridized carbons (Fsp3) is 0.435. The van der Waals surface area contributed by atoms with Crippen molar-refractivity contribution in [1.82, 2.24) is 5.32 Å². The van der Waals surface area contributed by atoms with Crippen LogP contribution in [0.4, 0.5) is 20.6 Å². The Hall–Kier alpha value is -2.40. The Morgan fingerprint density at radius 3 is 2.50 bits per heavy atom. The maximum Gasteiger partial charge on any atom is 0.323 e. The molecule has 1 saturated carbocycles. The van der Waals surface area contributed by atoms with E-state index in [1.165, 1.54) is 62.8 Å². The highest BCUT2D eigenvalue weighted by Gasteiger charge is 2.16. The SMILES string of the molecule is CC(CC1CCCCC1)NCc1ccccc1NC(=O)Nc1ccc(F)cc1. The lowest BCUT2D eigenvalue weighted by atomic mass is 9.85. The molecule has 150 valence electrons. The molecular weight excluding hydrogens is 353 g/mol. The van der Waals surface area contributed by atoms with Crippen molar-refractivity contribution in [3.63, 3.8) is 0 Å². The molecule has 2 amide bonds. The van der Waals surface area contributed by atoms with E-state index in [4.69, 9.17) is 0 Å². The Morgan fingerprint density at radius 1 is 1.04 bits per heavy atom. The van der Waals surface area contributed by atoms with Crippen molar-refractivity contribution in [2.24, 2.45) is 5.92 Å². The first kappa shape index (κ1) is 20.3. The molecule has 0 aliphatic heterocycles. The molecular formula is C23H30FN3O. The van der Waals surface area contributed by atoms with Gasteiger partial charge < -0.3 is 16.0 Å². The molecule has 1 unspecified atom stereocenters. The smallest absolute Gasteiger partial charge is 0.310 e. The first-order valence-electron chi connectivity index (χ1n) is 10.2. The normalized spacial score (nSPS) is 15.8. The zero-order valence-electron chi connectivity index (χ0n) is 16.5. The summed E-state index contributed by atoms with van der Waals surface area (Å²) in [5.41, 5.74) is 2.38. The number of carbonyl (C=O) groups is 1. The number of hydrogen-bond acceptors (Lipinski definition) is 2. The zero-order valence-corrected chi connectivity index (χ0v) is 16.5. The van der Waals surface area contributed by atoms with Crippen LogP contribution in [0.15, 0.2) is 48.5 Å². The average molecular weight is 384 g/mol. The summed E-state index contributed by atoms with van der Waals surface area (Å²) >= 11 is 0. The van der Waals surface area contributed by atoms with Gasteiger partial charge in [0.15, 0.2) is 0 Å². The van der Waals surface area contributed by atoms with Crippen molar-refractivity contribution < 1.29 is 9.18 Å². The van der Waals surface area contributed by atoms with Crippen molar-refractivity contribution in [1.29, 1.82) is 0 Å². The number of para-hydroxylation sites is 1. The number of hydrogen-bond donors (Lipinski definition) is 3. The van der Waals surface area contributed by atoms with Crippen LogP contribution >= 0.6 is 0 Å². The van der Waals surface area contributed by atoms with E-state index in [9.17, 15) is 9.18 Å². The van der Waals surface area contributed by atoms with E-state index in [-0.39, 0.29) is 11.8 Å². The highest BCUT2D eigenvalue weighted by Crippen LogP contribution is 2.27. The Balaban J connectivity index is 1.51. The number of halogens is 1. The summed E-state index contributed by atoms with van der Waals surface area (Å²) in [7, 11) is 0. The van der Waals surface area contributed by atoms with Gasteiger partial charge in [-0.05, 0) is 55.2 Å². The van der Waals surface area contributed by atoms with Gasteiger partial charge in [-0.2, -0.15) is 0 Å². The molecule has 0 radical (unpaired) electrons. The van der Waals surface area contributed by atoms with E-state index < -0.39 is 0 Å². The van der Waals surface area contributed by atoms with Crippen LogP contribution in [0.5, 0.6) is 0 Å². The largest absolute Gasteiger partial charge is 0.323 e. The average Bonchev–Trinajstić information content (AvgIpc) is 2.70. The summed E-state index contributed by atoms with van der Waals surface area (Å²) in [6.45, 7) is 2.95. The number of carbonyl (C=O) groups excluding carboxylic acids is 1. The molecule has 0 spiro atoms. The van der Waals surface area contributed by atoms with E-state index >= 15 is 0 Å². The second kappa shape index (κ2) is 10.2. The molecule has 1 aliphatic rings. The van der Waals surface area contributed by atoms with Crippen LogP contribution in [0.3, 0.4) is 0 Å². The molecule has 0 bridgehead atoms. The highest BCUT2D eigenvalue weighted by atomic mass is 19.1. The third-order valence-electron chi connectivity index (χ3n) is 5.42. The molecule has 0 heterocycles. The van der Waals surface area contributed by atoms with Gasteiger partial charge in [0, 0.05) is 24.0 Å². The monoisotopic (exact) mass is 383 g/mol. The molecule has 3 N–H and O–H groups in total. The second-order valence-corrected chi connectivity index (χ2v) is 7.76. The first-order chi connectivity index (χ1) is 13.6. The van der Waals surface area contributed by atoms with E-state index in [0.29, 0.717) is 18.3 Å². The van der Waals surface area contributed by atoms with E-state index in [0.717, 1.165) is 17.2 Å². The summed E-state index contributed by atoms with van der Waals surface area (Å²) < 4.78 is 13.0. The Labute approximate surface area is 166 Å². The third kappa shape index (κ3) is 6.34. The Kier molecular flexibility index (Phi) is 7.43. The maximum atomic E-state index is 13.0. The van der Waals surface area contributed by atoms with Gasteiger partial charge in [0.2, 0.25) is 0 Å². The topological polar surface area (TPSA) is 53.2 Å². The minimum absolute atomic E-state index is 0.329. The minimum Gasteiger partial charge on any atom is -0.310 e. The van der Waals surface area contributed by atoms with E-state index in [1.54, 1.807) is 0 Å². The lowest BCUT2D eigenvalue weighted by Crippen LogP contribution is -2.29. The molecule has 1 atom stereocenters. The fourth-order valence-electron chi connectivity index (χ4n) is 3.90. The van der Waals surface area contributed by atoms with Crippen LogP contribution in [0.1, 0.15) is 51.0 Å². The van der Waals surface area contributed by atoms with Crippen LogP contribution in [-0.2, 0) is 6.54 Å². The number of anilines is 2. The van der Waals surface area contributed by atoms with Crippen molar-refractivity contribution in [2.75, 3.05) is 10.6 Å². The highest BCUT2D eigenvalue weighted by molar-refractivity contribution is 6.00. The number of amides is 2. The standard InChI is InChI=1S/C23H30FN3O/c1-17(15-18-7-3-2-4-8-18)25-16-19-9-5-6-10-22(19)27-23(28)26-21-13-11-20(24)12-14-21/h5-6,9-14,17-18,25H,2-4,7-8,15-16H2,1H3,(H2,26,27,28). The number of nitrogens with one attached hydrogen (secondary N) is 3. The van der Waals surface area contributed by atoms with Crippen LogP contribution in [0.2, 0.25) is 0 Å². The number of rotatable bonds is 7. The molecule has 4 nitrogen and oxygen atoms in total. The van der Waals surface area contributed by atoms with Gasteiger partial charge >= 0.3 is 6.03 Å². The quantitative estimate of drug-likeness (QED) is 0.556. The van der Waals surface area contributed by atoms with Gasteiger partial charge in [0.25, 0.3) is 0 Å². The predicted molar refractivity (Wildman–Crippen MR) is 113 cm³/mol. The maximum absolute atomic E-state index is 13.0. The van der Waals surface area contributed by atoms with E-state index in [2.05, 4.69) is 22.9 Å². The van der Waals surface area contributed by atoms with Crippen LogP contribution in [0.25, 0.3) is 0 Å². The predicted octanol–water partition coefficient (Wildman–Crippen LogP) is 5.92. The Morgan fingerprint density at radius 2 is 1.75 bits per heavy atom. The summed E-state index contributed by atoms with van der Waals surface area (Å²) in [6.07, 6.45) is 8.04. The molecule has 5 heteroatoms. The lowest BCUT2D eigenvalue weighted by Gasteiger charge is -2.25. The molecule has 1 fully saturated rings. The summed E-state index contributed by atoms with van der Waals surface area (Å²) in [6, 6.07) is 13.6. The van der Waals surface area contributed by atoms with Gasteiger partial charge in [0.1, 0.15) is 5.82 Å². The van der Waals surface area contributed by atoms with Gasteiger partial charge in [-0.25, -0.2) is 9.18 Å².